The number of hydrogen-bond donors (Lipinski definition) is 2. The average molecular weight is 264 g/mol. The predicted molar refractivity (Wildman–Crippen MR) is 72.6 cm³/mol. The van der Waals surface area contributed by atoms with E-state index < -0.39 is 12.1 Å². The highest BCUT2D eigenvalue weighted by Gasteiger charge is 2.18. The fourth-order valence-electron chi connectivity index (χ4n) is 1.58. The molecule has 0 saturated heterocycles. The number of amides is 2. The molecule has 104 valence electrons. The zero-order chi connectivity index (χ0) is 14.3. The van der Waals surface area contributed by atoms with E-state index in [1.165, 1.54) is 0 Å². The van der Waals surface area contributed by atoms with Crippen LogP contribution in [-0.2, 0) is 9.53 Å². The number of hydrogen-bond acceptors (Lipinski definition) is 3. The van der Waals surface area contributed by atoms with Gasteiger partial charge in [0.15, 0.2) is 0 Å². The Hall–Kier alpha value is -2.04. The van der Waals surface area contributed by atoms with Gasteiger partial charge >= 0.3 is 6.09 Å². The van der Waals surface area contributed by atoms with E-state index in [1.807, 2.05) is 37.3 Å². The van der Waals surface area contributed by atoms with Crippen molar-refractivity contribution in [3.8, 4) is 0 Å². The summed E-state index contributed by atoms with van der Waals surface area (Å²) in [7, 11) is 0. The summed E-state index contributed by atoms with van der Waals surface area (Å²) in [4.78, 5) is 23.1. The van der Waals surface area contributed by atoms with Crippen LogP contribution >= 0.6 is 0 Å². The quantitative estimate of drug-likeness (QED) is 0.854. The van der Waals surface area contributed by atoms with Crippen LogP contribution in [-0.4, -0.2) is 24.6 Å². The van der Waals surface area contributed by atoms with Crippen molar-refractivity contribution in [2.45, 2.75) is 32.9 Å². The third-order valence-electron chi connectivity index (χ3n) is 2.66. The number of benzene rings is 1. The number of carbonyl (C=O) groups is 2. The van der Waals surface area contributed by atoms with Crippen molar-refractivity contribution in [3.05, 3.63) is 35.9 Å². The molecule has 0 aromatic heterocycles. The molecule has 5 heteroatoms. The number of nitrogens with one attached hydrogen (secondary N) is 2. The molecule has 0 aliphatic heterocycles. The number of alkyl carbamates (subject to hydrolysis) is 1. The monoisotopic (exact) mass is 264 g/mol. The Balaban J connectivity index is 2.48. The molecule has 5 nitrogen and oxygen atoms in total. The molecule has 2 N–H and O–H groups in total. The molecular formula is C14H20N2O3. The molecule has 0 bridgehead atoms. The van der Waals surface area contributed by atoms with Crippen molar-refractivity contribution in [2.75, 3.05) is 6.61 Å². The predicted octanol–water partition coefficient (Wildman–Crippen LogP) is 2.00. The summed E-state index contributed by atoms with van der Waals surface area (Å²) in [6.45, 7) is 5.50. The lowest BCUT2D eigenvalue weighted by molar-refractivity contribution is -0.123. The molecule has 2 amide bonds. The van der Waals surface area contributed by atoms with Gasteiger partial charge in [-0.2, -0.15) is 0 Å². The van der Waals surface area contributed by atoms with E-state index in [-0.39, 0.29) is 18.6 Å². The average Bonchev–Trinajstić information content (AvgIpc) is 2.39. The molecule has 0 saturated carbocycles. The molecule has 1 aromatic carbocycles. The van der Waals surface area contributed by atoms with Gasteiger partial charge in [-0.25, -0.2) is 4.79 Å². The summed E-state index contributed by atoms with van der Waals surface area (Å²) in [5, 5.41) is 5.30. The second-order valence-electron chi connectivity index (χ2n) is 4.23. The first-order valence-electron chi connectivity index (χ1n) is 6.33. The molecule has 0 fully saturated rings. The van der Waals surface area contributed by atoms with Crippen LogP contribution < -0.4 is 10.6 Å². The topological polar surface area (TPSA) is 67.4 Å². The largest absolute Gasteiger partial charge is 0.450 e. The molecule has 19 heavy (non-hydrogen) atoms. The van der Waals surface area contributed by atoms with Crippen molar-refractivity contribution in [3.63, 3.8) is 0 Å². The lowest BCUT2D eigenvalue weighted by Gasteiger charge is -2.18. The van der Waals surface area contributed by atoms with E-state index in [0.29, 0.717) is 0 Å². The van der Waals surface area contributed by atoms with Crippen molar-refractivity contribution in [1.29, 1.82) is 0 Å². The van der Waals surface area contributed by atoms with Gasteiger partial charge in [0.2, 0.25) is 5.91 Å². The van der Waals surface area contributed by atoms with Crippen molar-refractivity contribution < 1.29 is 14.3 Å². The first kappa shape index (κ1) is 15.0. The van der Waals surface area contributed by atoms with E-state index in [9.17, 15) is 9.59 Å². The Bertz CT molecular complexity index is 420. The summed E-state index contributed by atoms with van der Waals surface area (Å²) in [5.41, 5.74) is 1.01. The fourth-order valence-corrected chi connectivity index (χ4v) is 1.58. The number of carbonyl (C=O) groups excluding carboxylic acids is 2. The van der Waals surface area contributed by atoms with E-state index >= 15 is 0 Å². The molecule has 1 aromatic rings. The molecule has 1 rings (SSSR count). The maximum atomic E-state index is 11.9. The maximum Gasteiger partial charge on any atom is 0.407 e. The summed E-state index contributed by atoms with van der Waals surface area (Å²) in [6.07, 6.45) is -0.586. The normalized spacial score (nSPS) is 13.2. The third kappa shape index (κ3) is 4.99. The van der Waals surface area contributed by atoms with Crippen LogP contribution in [0.3, 0.4) is 0 Å². The lowest BCUT2D eigenvalue weighted by atomic mass is 10.1. The number of rotatable bonds is 5. The zero-order valence-corrected chi connectivity index (χ0v) is 11.5. The molecule has 0 spiro atoms. The van der Waals surface area contributed by atoms with Crippen LogP contribution in [0.2, 0.25) is 0 Å². The Labute approximate surface area is 113 Å². The zero-order valence-electron chi connectivity index (χ0n) is 11.5. The van der Waals surface area contributed by atoms with Gasteiger partial charge in [-0.3, -0.25) is 4.79 Å². The van der Waals surface area contributed by atoms with Gasteiger partial charge in [-0.05, 0) is 26.3 Å². The van der Waals surface area contributed by atoms with Gasteiger partial charge in [-0.15, -0.1) is 0 Å². The Morgan fingerprint density at radius 2 is 1.79 bits per heavy atom. The first-order chi connectivity index (χ1) is 9.04. The highest BCUT2D eigenvalue weighted by molar-refractivity contribution is 5.85. The Morgan fingerprint density at radius 1 is 1.16 bits per heavy atom. The highest BCUT2D eigenvalue weighted by atomic mass is 16.5. The van der Waals surface area contributed by atoms with Crippen LogP contribution in [0.1, 0.15) is 32.4 Å². The van der Waals surface area contributed by atoms with Crippen LogP contribution in [0, 0.1) is 0 Å². The van der Waals surface area contributed by atoms with Crippen LogP contribution in [0.5, 0.6) is 0 Å². The third-order valence-corrected chi connectivity index (χ3v) is 2.66. The Morgan fingerprint density at radius 3 is 2.37 bits per heavy atom. The molecule has 0 heterocycles. The number of ether oxygens (including phenoxy) is 1. The lowest BCUT2D eigenvalue weighted by Crippen LogP contribution is -2.45. The van der Waals surface area contributed by atoms with Crippen LogP contribution in [0.15, 0.2) is 30.3 Å². The molecule has 0 radical (unpaired) electrons. The van der Waals surface area contributed by atoms with Crippen LogP contribution in [0.4, 0.5) is 4.79 Å². The summed E-state index contributed by atoms with van der Waals surface area (Å²) < 4.78 is 4.72. The van der Waals surface area contributed by atoms with Crippen molar-refractivity contribution in [2.24, 2.45) is 0 Å². The second-order valence-corrected chi connectivity index (χ2v) is 4.23. The van der Waals surface area contributed by atoms with Crippen molar-refractivity contribution >= 4 is 12.0 Å². The molecule has 0 aliphatic rings. The first-order valence-corrected chi connectivity index (χ1v) is 6.33. The second kappa shape index (κ2) is 7.41. The highest BCUT2D eigenvalue weighted by Crippen LogP contribution is 2.10. The van der Waals surface area contributed by atoms with E-state index in [1.54, 1.807) is 13.8 Å². The smallest absolute Gasteiger partial charge is 0.407 e. The van der Waals surface area contributed by atoms with E-state index in [0.717, 1.165) is 5.56 Å². The van der Waals surface area contributed by atoms with E-state index in [2.05, 4.69) is 10.6 Å². The van der Waals surface area contributed by atoms with Gasteiger partial charge in [0.05, 0.1) is 12.6 Å². The molecule has 0 aliphatic carbocycles. The van der Waals surface area contributed by atoms with Gasteiger partial charge < -0.3 is 15.4 Å². The summed E-state index contributed by atoms with van der Waals surface area (Å²) >= 11 is 0. The van der Waals surface area contributed by atoms with Crippen LogP contribution in [0.25, 0.3) is 0 Å². The molecular weight excluding hydrogens is 244 g/mol. The van der Waals surface area contributed by atoms with Gasteiger partial charge in [0.25, 0.3) is 0 Å². The minimum absolute atomic E-state index is 0.111. The van der Waals surface area contributed by atoms with Crippen molar-refractivity contribution in [1.82, 2.24) is 10.6 Å². The van der Waals surface area contributed by atoms with Gasteiger partial charge in [-0.1, -0.05) is 30.3 Å². The summed E-state index contributed by atoms with van der Waals surface area (Å²) in [6, 6.07) is 8.88. The standard InChI is InChI=1S/C14H20N2O3/c1-4-19-14(18)16-11(3)13(17)15-10(2)12-8-6-5-7-9-12/h5-11H,4H2,1-3H3,(H,15,17)(H,16,18)/t10-,11+/m1/s1. The maximum absolute atomic E-state index is 11.9. The van der Waals surface area contributed by atoms with Gasteiger partial charge in [0.1, 0.15) is 6.04 Å². The summed E-state index contributed by atoms with van der Waals surface area (Å²) in [5.74, 6) is -0.246. The fraction of sp³-hybridized carbons (Fsp3) is 0.429. The SMILES string of the molecule is CCOC(=O)N[C@@H](C)C(=O)N[C@H](C)c1ccccc1. The minimum atomic E-state index is -0.634. The minimum Gasteiger partial charge on any atom is -0.450 e. The molecule has 0 unspecified atom stereocenters. The molecule has 2 atom stereocenters. The van der Waals surface area contributed by atoms with E-state index in [4.69, 9.17) is 4.74 Å². The Kier molecular flexibility index (Phi) is 5.85. The van der Waals surface area contributed by atoms with Gasteiger partial charge in [0, 0.05) is 0 Å².